The number of nitrogens with zero attached hydrogens (tertiary/aromatic N) is 2. The maximum atomic E-state index is 14.9. The number of ether oxygens (including phenoxy) is 3. The van der Waals surface area contributed by atoms with Crippen molar-refractivity contribution < 1.29 is 18.6 Å². The highest BCUT2D eigenvalue weighted by Gasteiger charge is 2.21. The summed E-state index contributed by atoms with van der Waals surface area (Å²) in [6.45, 7) is 2.69. The summed E-state index contributed by atoms with van der Waals surface area (Å²) in [5.74, 6) is 0.764. The zero-order chi connectivity index (χ0) is 19.2. The monoisotopic (exact) mass is 390 g/mol. The third-order valence-electron chi connectivity index (χ3n) is 3.87. The van der Waals surface area contributed by atoms with Crippen LogP contribution in [0.1, 0.15) is 6.92 Å². The number of benzene rings is 2. The van der Waals surface area contributed by atoms with E-state index in [9.17, 15) is 4.39 Å². The molecule has 0 aliphatic rings. The van der Waals surface area contributed by atoms with Crippen molar-refractivity contribution >= 4 is 11.6 Å². The van der Waals surface area contributed by atoms with E-state index < -0.39 is 5.82 Å². The fourth-order valence-electron chi connectivity index (χ4n) is 2.61. The zero-order valence-electron chi connectivity index (χ0n) is 15.1. The molecule has 0 amide bonds. The van der Waals surface area contributed by atoms with E-state index in [0.29, 0.717) is 35.2 Å². The van der Waals surface area contributed by atoms with Gasteiger partial charge >= 0.3 is 0 Å². The number of halogens is 2. The number of hydrogen-bond acceptors (Lipinski definition) is 4. The molecule has 0 aliphatic heterocycles. The quantitative estimate of drug-likeness (QED) is 0.552. The molecule has 3 aromatic rings. The Labute approximate surface area is 162 Å². The molecule has 0 bridgehead atoms. The maximum absolute atomic E-state index is 14.9. The molecule has 27 heavy (non-hydrogen) atoms. The Kier molecular flexibility index (Phi) is 6.19. The Morgan fingerprint density at radius 2 is 1.93 bits per heavy atom. The Hall–Kier alpha value is -2.73. The van der Waals surface area contributed by atoms with Crippen LogP contribution < -0.4 is 14.2 Å². The summed E-state index contributed by atoms with van der Waals surface area (Å²) in [4.78, 5) is 0. The minimum atomic E-state index is -0.511. The average Bonchev–Trinajstić information content (AvgIpc) is 3.00. The van der Waals surface area contributed by atoms with Crippen LogP contribution >= 0.6 is 11.6 Å². The SMILES string of the molecule is CCOc1c(F)c(-c2cccc(OC)c2)nn1CCOc1ccccc1Cl. The second-order valence-electron chi connectivity index (χ2n) is 5.63. The molecule has 3 rings (SSSR count). The van der Waals surface area contributed by atoms with Crippen molar-refractivity contribution in [1.29, 1.82) is 0 Å². The summed E-state index contributed by atoms with van der Waals surface area (Å²) >= 11 is 6.08. The molecule has 0 spiro atoms. The largest absolute Gasteiger partial charge is 0.497 e. The number of methoxy groups -OCH3 is 1. The highest BCUT2D eigenvalue weighted by molar-refractivity contribution is 6.32. The van der Waals surface area contributed by atoms with Gasteiger partial charge in [0.1, 0.15) is 23.8 Å². The molecule has 5 nitrogen and oxygen atoms in total. The van der Waals surface area contributed by atoms with E-state index in [2.05, 4.69) is 5.10 Å². The standard InChI is InChI=1S/C20H20ClFN2O3/c1-3-26-20-18(22)19(14-7-6-8-15(13-14)25-2)23-24(20)11-12-27-17-10-5-4-9-16(17)21/h4-10,13H,3,11-12H2,1-2H3. The minimum absolute atomic E-state index is 0.0816. The smallest absolute Gasteiger partial charge is 0.249 e. The molecule has 2 aromatic carbocycles. The van der Waals surface area contributed by atoms with Crippen molar-refractivity contribution in [3.8, 4) is 28.6 Å². The number of aromatic nitrogens is 2. The summed E-state index contributed by atoms with van der Waals surface area (Å²) in [7, 11) is 1.56. The maximum Gasteiger partial charge on any atom is 0.249 e. The second kappa shape index (κ2) is 8.77. The lowest BCUT2D eigenvalue weighted by atomic mass is 10.1. The van der Waals surface area contributed by atoms with Crippen molar-refractivity contribution in [1.82, 2.24) is 9.78 Å². The van der Waals surface area contributed by atoms with Gasteiger partial charge in [-0.15, -0.1) is 0 Å². The first-order valence-corrected chi connectivity index (χ1v) is 8.92. The predicted molar refractivity (Wildman–Crippen MR) is 102 cm³/mol. The van der Waals surface area contributed by atoms with Crippen LogP contribution in [-0.4, -0.2) is 30.1 Å². The van der Waals surface area contributed by atoms with Crippen LogP contribution in [0.25, 0.3) is 11.3 Å². The topological polar surface area (TPSA) is 45.5 Å². The van der Waals surface area contributed by atoms with Crippen LogP contribution in [-0.2, 0) is 6.54 Å². The second-order valence-corrected chi connectivity index (χ2v) is 6.04. The molecule has 0 N–H and O–H groups in total. The van der Waals surface area contributed by atoms with E-state index in [4.69, 9.17) is 25.8 Å². The Bertz CT molecular complexity index is 914. The lowest BCUT2D eigenvalue weighted by Gasteiger charge is -2.10. The summed E-state index contributed by atoms with van der Waals surface area (Å²) in [5, 5.41) is 4.90. The molecule has 1 aromatic heterocycles. The average molecular weight is 391 g/mol. The molecule has 0 unspecified atom stereocenters. The number of rotatable bonds is 8. The molecule has 0 atom stereocenters. The third-order valence-corrected chi connectivity index (χ3v) is 4.18. The summed E-state index contributed by atoms with van der Waals surface area (Å²) in [6.07, 6.45) is 0. The molecular formula is C20H20ClFN2O3. The summed E-state index contributed by atoms with van der Waals surface area (Å²) in [5.41, 5.74) is 0.814. The predicted octanol–water partition coefficient (Wildman–Crippen LogP) is 4.83. The molecule has 0 saturated heterocycles. The van der Waals surface area contributed by atoms with Crippen LogP contribution in [0.4, 0.5) is 4.39 Å². The molecule has 0 aliphatic carbocycles. The lowest BCUT2D eigenvalue weighted by molar-refractivity contribution is 0.253. The van der Waals surface area contributed by atoms with Crippen molar-refractivity contribution in [2.24, 2.45) is 0 Å². The molecule has 142 valence electrons. The highest BCUT2D eigenvalue weighted by atomic mass is 35.5. The third kappa shape index (κ3) is 4.34. The van der Waals surface area contributed by atoms with Crippen LogP contribution in [0.2, 0.25) is 5.02 Å². The van der Waals surface area contributed by atoms with Gasteiger partial charge in [0.15, 0.2) is 0 Å². The van der Waals surface area contributed by atoms with Gasteiger partial charge in [-0.1, -0.05) is 35.9 Å². The van der Waals surface area contributed by atoms with Gasteiger partial charge in [0.25, 0.3) is 0 Å². The van der Waals surface area contributed by atoms with Crippen molar-refractivity contribution in [2.75, 3.05) is 20.3 Å². The van der Waals surface area contributed by atoms with Crippen molar-refractivity contribution in [2.45, 2.75) is 13.5 Å². The normalized spacial score (nSPS) is 10.7. The molecule has 0 radical (unpaired) electrons. The van der Waals surface area contributed by atoms with E-state index in [1.54, 1.807) is 50.4 Å². The van der Waals surface area contributed by atoms with Gasteiger partial charge in [0, 0.05) is 5.56 Å². The zero-order valence-corrected chi connectivity index (χ0v) is 15.9. The van der Waals surface area contributed by atoms with Gasteiger partial charge in [-0.3, -0.25) is 0 Å². The Morgan fingerprint density at radius 3 is 2.67 bits per heavy atom. The van der Waals surface area contributed by atoms with E-state index in [-0.39, 0.29) is 18.2 Å². The molecule has 0 fully saturated rings. The Morgan fingerprint density at radius 1 is 1.11 bits per heavy atom. The summed E-state index contributed by atoms with van der Waals surface area (Å²) in [6, 6.07) is 14.3. The van der Waals surface area contributed by atoms with Crippen LogP contribution in [0.3, 0.4) is 0 Å². The van der Waals surface area contributed by atoms with Crippen molar-refractivity contribution in [3.05, 3.63) is 59.4 Å². The van der Waals surface area contributed by atoms with Gasteiger partial charge in [-0.2, -0.15) is 9.49 Å². The van der Waals surface area contributed by atoms with Gasteiger partial charge in [-0.05, 0) is 31.2 Å². The fourth-order valence-corrected chi connectivity index (χ4v) is 2.80. The summed E-state index contributed by atoms with van der Waals surface area (Å²) < 4.78 is 32.7. The van der Waals surface area contributed by atoms with Gasteiger partial charge in [-0.25, -0.2) is 4.68 Å². The van der Waals surface area contributed by atoms with Gasteiger partial charge in [0.2, 0.25) is 11.7 Å². The van der Waals surface area contributed by atoms with Crippen LogP contribution in [0, 0.1) is 5.82 Å². The van der Waals surface area contributed by atoms with Gasteiger partial charge < -0.3 is 14.2 Å². The van der Waals surface area contributed by atoms with E-state index >= 15 is 0 Å². The van der Waals surface area contributed by atoms with Crippen molar-refractivity contribution in [3.63, 3.8) is 0 Å². The first-order chi connectivity index (χ1) is 13.1. The highest BCUT2D eigenvalue weighted by Crippen LogP contribution is 2.31. The van der Waals surface area contributed by atoms with Crippen LogP contribution in [0.15, 0.2) is 48.5 Å². The number of para-hydroxylation sites is 1. The van der Waals surface area contributed by atoms with Crippen LogP contribution in [0.5, 0.6) is 17.4 Å². The Balaban J connectivity index is 1.82. The minimum Gasteiger partial charge on any atom is -0.497 e. The fraction of sp³-hybridized carbons (Fsp3) is 0.250. The van der Waals surface area contributed by atoms with Gasteiger partial charge in [0.05, 0.1) is 25.3 Å². The first-order valence-electron chi connectivity index (χ1n) is 8.55. The van der Waals surface area contributed by atoms with E-state index in [0.717, 1.165) is 0 Å². The number of hydrogen-bond donors (Lipinski definition) is 0. The first kappa shape index (κ1) is 19.0. The molecular weight excluding hydrogens is 371 g/mol. The molecule has 7 heteroatoms. The molecule has 1 heterocycles. The van der Waals surface area contributed by atoms with E-state index in [1.165, 1.54) is 4.68 Å². The molecule has 0 saturated carbocycles. The lowest BCUT2D eigenvalue weighted by Crippen LogP contribution is -2.12. The van der Waals surface area contributed by atoms with E-state index in [1.807, 2.05) is 12.1 Å².